The zero-order valence-corrected chi connectivity index (χ0v) is 17.4. The number of pyridine rings is 1. The average Bonchev–Trinajstić information content (AvgIpc) is 3.16. The molecule has 1 atom stereocenters. The molecular formula is C24H31ClN2O. The van der Waals surface area contributed by atoms with Crippen molar-refractivity contribution in [3.63, 3.8) is 0 Å². The van der Waals surface area contributed by atoms with Gasteiger partial charge in [0.05, 0.1) is 5.60 Å². The smallest absolute Gasteiger partial charge is 0.0691 e. The van der Waals surface area contributed by atoms with E-state index in [0.717, 1.165) is 50.4 Å². The maximum atomic E-state index is 6.34. The molecule has 1 aromatic heterocycles. The highest BCUT2D eigenvalue weighted by molar-refractivity contribution is 6.30. The van der Waals surface area contributed by atoms with Gasteiger partial charge < -0.3 is 10.1 Å². The van der Waals surface area contributed by atoms with Crippen LogP contribution in [0.3, 0.4) is 0 Å². The molecule has 2 aliphatic rings. The maximum Gasteiger partial charge on any atom is 0.0691 e. The van der Waals surface area contributed by atoms with Gasteiger partial charge in [-0.2, -0.15) is 0 Å². The molecule has 0 unspecified atom stereocenters. The SMILES string of the molecule is Clc1cccc(CCNCC[C@@]2(c3ccccn3)CCOC3(CCCC3)C2)c1. The fourth-order valence-corrected chi connectivity index (χ4v) is 5.39. The van der Waals surface area contributed by atoms with E-state index >= 15 is 0 Å². The third-order valence-corrected chi connectivity index (χ3v) is 6.87. The molecule has 2 aromatic rings. The molecule has 4 heteroatoms. The number of halogens is 1. The number of aromatic nitrogens is 1. The Balaban J connectivity index is 1.39. The fraction of sp³-hybridized carbons (Fsp3) is 0.542. The minimum atomic E-state index is 0.0938. The van der Waals surface area contributed by atoms with Crippen LogP contribution >= 0.6 is 11.6 Å². The summed E-state index contributed by atoms with van der Waals surface area (Å²) in [6, 6.07) is 14.5. The molecular weight excluding hydrogens is 368 g/mol. The van der Waals surface area contributed by atoms with Crippen molar-refractivity contribution in [1.29, 1.82) is 0 Å². The van der Waals surface area contributed by atoms with Crippen molar-refractivity contribution >= 4 is 11.6 Å². The number of ether oxygens (including phenoxy) is 1. The number of rotatable bonds is 7. The first-order chi connectivity index (χ1) is 13.7. The normalized spacial score (nSPS) is 23.9. The summed E-state index contributed by atoms with van der Waals surface area (Å²) in [7, 11) is 0. The number of nitrogens with zero attached hydrogens (tertiary/aromatic N) is 1. The molecule has 1 aromatic carbocycles. The van der Waals surface area contributed by atoms with Gasteiger partial charge in [0.25, 0.3) is 0 Å². The second-order valence-corrected chi connectivity index (χ2v) is 8.98. The maximum absolute atomic E-state index is 6.34. The highest BCUT2D eigenvalue weighted by Crippen LogP contribution is 2.49. The van der Waals surface area contributed by atoms with E-state index < -0.39 is 0 Å². The van der Waals surface area contributed by atoms with E-state index in [-0.39, 0.29) is 11.0 Å². The molecule has 1 aliphatic heterocycles. The molecule has 1 aliphatic carbocycles. The van der Waals surface area contributed by atoms with E-state index in [9.17, 15) is 0 Å². The van der Waals surface area contributed by atoms with Crippen molar-refractivity contribution in [1.82, 2.24) is 10.3 Å². The van der Waals surface area contributed by atoms with Gasteiger partial charge in [0.1, 0.15) is 0 Å². The second-order valence-electron chi connectivity index (χ2n) is 8.54. The van der Waals surface area contributed by atoms with Gasteiger partial charge in [0, 0.05) is 28.9 Å². The Hall–Kier alpha value is -1.42. The van der Waals surface area contributed by atoms with Crippen molar-refractivity contribution in [2.75, 3.05) is 19.7 Å². The molecule has 0 amide bonds. The van der Waals surface area contributed by atoms with Crippen LogP contribution in [-0.2, 0) is 16.6 Å². The lowest BCUT2D eigenvalue weighted by Crippen LogP contribution is -2.47. The number of hydrogen-bond acceptors (Lipinski definition) is 3. The van der Waals surface area contributed by atoms with Crippen LogP contribution in [0.2, 0.25) is 5.02 Å². The Morgan fingerprint density at radius 3 is 2.71 bits per heavy atom. The van der Waals surface area contributed by atoms with Crippen LogP contribution in [0.15, 0.2) is 48.7 Å². The Morgan fingerprint density at radius 2 is 1.93 bits per heavy atom. The van der Waals surface area contributed by atoms with Crippen molar-refractivity contribution < 1.29 is 4.74 Å². The summed E-state index contributed by atoms with van der Waals surface area (Å²) >= 11 is 6.09. The van der Waals surface area contributed by atoms with E-state index in [1.807, 2.05) is 24.4 Å². The minimum Gasteiger partial charge on any atom is -0.375 e. The highest BCUT2D eigenvalue weighted by atomic mass is 35.5. The van der Waals surface area contributed by atoms with E-state index in [4.69, 9.17) is 21.3 Å². The van der Waals surface area contributed by atoms with E-state index in [1.54, 1.807) is 0 Å². The molecule has 3 nitrogen and oxygen atoms in total. The van der Waals surface area contributed by atoms with E-state index in [2.05, 4.69) is 29.6 Å². The standard InChI is InChI=1S/C24H31ClN2O/c25-21-7-5-6-20(18-21)9-15-26-16-12-23(22-8-1-4-14-27-22)13-17-28-24(19-23)10-2-3-11-24/h1,4-8,14,18,26H,2-3,9-13,15-17,19H2/t23-/m1/s1. The molecule has 2 fully saturated rings. The monoisotopic (exact) mass is 398 g/mol. The predicted octanol–water partition coefficient (Wildman–Crippen LogP) is 5.32. The zero-order chi connectivity index (χ0) is 19.3. The van der Waals surface area contributed by atoms with Gasteiger partial charge in [0.15, 0.2) is 0 Å². The van der Waals surface area contributed by atoms with Crippen molar-refractivity contribution in [2.24, 2.45) is 0 Å². The minimum absolute atomic E-state index is 0.0938. The molecule has 28 heavy (non-hydrogen) atoms. The molecule has 4 rings (SSSR count). The largest absolute Gasteiger partial charge is 0.375 e. The van der Waals surface area contributed by atoms with Gasteiger partial charge in [-0.25, -0.2) is 0 Å². The van der Waals surface area contributed by atoms with Gasteiger partial charge in [0.2, 0.25) is 0 Å². The third-order valence-electron chi connectivity index (χ3n) is 6.63. The summed E-state index contributed by atoms with van der Waals surface area (Å²) in [6.07, 6.45) is 11.3. The Bertz CT molecular complexity index is 760. The van der Waals surface area contributed by atoms with E-state index in [0.29, 0.717) is 0 Å². The van der Waals surface area contributed by atoms with E-state index in [1.165, 1.54) is 36.9 Å². The number of benzene rings is 1. The van der Waals surface area contributed by atoms with Gasteiger partial charge >= 0.3 is 0 Å². The van der Waals surface area contributed by atoms with Crippen LogP contribution < -0.4 is 5.32 Å². The van der Waals surface area contributed by atoms with Gasteiger partial charge in [-0.15, -0.1) is 0 Å². The summed E-state index contributed by atoms with van der Waals surface area (Å²) in [4.78, 5) is 4.79. The van der Waals surface area contributed by atoms with Crippen LogP contribution in [0, 0.1) is 0 Å². The van der Waals surface area contributed by atoms with Gasteiger partial charge in [-0.05, 0) is 81.4 Å². The van der Waals surface area contributed by atoms with Crippen molar-refractivity contribution in [3.8, 4) is 0 Å². The quantitative estimate of drug-likeness (QED) is 0.641. The summed E-state index contributed by atoms with van der Waals surface area (Å²) in [5.41, 5.74) is 2.76. The first-order valence-electron chi connectivity index (χ1n) is 10.7. The lowest BCUT2D eigenvalue weighted by molar-refractivity contribution is -0.104. The zero-order valence-electron chi connectivity index (χ0n) is 16.6. The van der Waals surface area contributed by atoms with Crippen LogP contribution in [0.25, 0.3) is 0 Å². The van der Waals surface area contributed by atoms with Crippen molar-refractivity contribution in [2.45, 2.75) is 62.4 Å². The molecule has 1 saturated carbocycles. The van der Waals surface area contributed by atoms with Crippen LogP contribution in [0.4, 0.5) is 0 Å². The molecule has 1 saturated heterocycles. The number of nitrogens with one attached hydrogen (secondary N) is 1. The molecule has 1 N–H and O–H groups in total. The molecule has 0 radical (unpaired) electrons. The molecule has 0 bridgehead atoms. The average molecular weight is 399 g/mol. The first-order valence-corrected chi connectivity index (χ1v) is 11.1. The van der Waals surface area contributed by atoms with Crippen molar-refractivity contribution in [3.05, 3.63) is 64.9 Å². The lowest BCUT2D eigenvalue weighted by atomic mass is 9.68. The Kier molecular flexibility index (Phi) is 6.35. The van der Waals surface area contributed by atoms with Crippen LogP contribution in [0.1, 0.15) is 56.2 Å². The summed E-state index contributed by atoms with van der Waals surface area (Å²) in [6.45, 7) is 2.84. The summed E-state index contributed by atoms with van der Waals surface area (Å²) < 4.78 is 6.34. The second kappa shape index (κ2) is 8.94. The molecule has 1 spiro atoms. The summed E-state index contributed by atoms with van der Waals surface area (Å²) in [5.74, 6) is 0. The fourth-order valence-electron chi connectivity index (χ4n) is 5.17. The predicted molar refractivity (Wildman–Crippen MR) is 115 cm³/mol. The molecule has 2 heterocycles. The van der Waals surface area contributed by atoms with Gasteiger partial charge in [-0.1, -0.05) is 42.6 Å². The third kappa shape index (κ3) is 4.59. The Morgan fingerprint density at radius 1 is 1.04 bits per heavy atom. The lowest BCUT2D eigenvalue weighted by Gasteiger charge is -2.46. The molecule has 150 valence electrons. The first kappa shape index (κ1) is 19.9. The highest BCUT2D eigenvalue weighted by Gasteiger charge is 2.48. The van der Waals surface area contributed by atoms with Gasteiger partial charge in [-0.3, -0.25) is 4.98 Å². The Labute approximate surface area is 173 Å². The summed E-state index contributed by atoms with van der Waals surface area (Å²) in [5, 5.41) is 4.48. The van der Waals surface area contributed by atoms with Crippen LogP contribution in [0.5, 0.6) is 0 Å². The topological polar surface area (TPSA) is 34.2 Å². The van der Waals surface area contributed by atoms with Crippen LogP contribution in [-0.4, -0.2) is 30.3 Å². The number of hydrogen-bond donors (Lipinski definition) is 1.